The Labute approximate surface area is 68.1 Å². The Morgan fingerprint density at radius 2 is 1.90 bits per heavy atom. The number of rotatable bonds is 3. The summed E-state index contributed by atoms with van der Waals surface area (Å²) in [6, 6.07) is 0. The molecule has 1 atom stereocenters. The molecule has 0 saturated heterocycles. The number of thiol groups is 1. The largest absolute Gasteiger partial charge is 0.326 e. The lowest BCUT2D eigenvalue weighted by atomic mass is 10.4. The molecule has 5 heteroatoms. The van der Waals surface area contributed by atoms with Crippen LogP contribution in [0.25, 0.3) is 0 Å². The van der Waals surface area contributed by atoms with Gasteiger partial charge in [0.1, 0.15) is 0 Å². The van der Waals surface area contributed by atoms with Gasteiger partial charge < -0.3 is 9.42 Å². The van der Waals surface area contributed by atoms with Gasteiger partial charge in [0.2, 0.25) is 0 Å². The van der Waals surface area contributed by atoms with E-state index in [1.54, 1.807) is 0 Å². The first-order valence-corrected chi connectivity index (χ1v) is 5.05. The lowest BCUT2D eigenvalue weighted by molar-refractivity contribution is 0.332. The van der Waals surface area contributed by atoms with Crippen LogP contribution in [0.2, 0.25) is 0 Å². The van der Waals surface area contributed by atoms with Gasteiger partial charge in [0.15, 0.2) is 0 Å². The summed E-state index contributed by atoms with van der Waals surface area (Å²) in [5, 5.41) is 0. The van der Waals surface area contributed by atoms with Crippen LogP contribution in [0.15, 0.2) is 0 Å². The Bertz CT molecular complexity index is 77.3. The van der Waals surface area contributed by atoms with E-state index < -0.39 is 8.25 Å². The molecule has 0 aromatic heterocycles. The molecule has 0 aliphatic heterocycles. The molecule has 0 amide bonds. The number of hydrogen-bond donors (Lipinski definition) is 2. The van der Waals surface area contributed by atoms with Crippen molar-refractivity contribution in [2.24, 2.45) is 0 Å². The summed E-state index contributed by atoms with van der Waals surface area (Å²) in [5.74, 6) is 0.00823. The highest BCUT2D eigenvalue weighted by Gasteiger charge is 1.81. The van der Waals surface area contributed by atoms with Gasteiger partial charge >= 0.3 is 8.25 Å². The zero-order valence-corrected chi connectivity index (χ0v) is 8.23. The highest BCUT2D eigenvalue weighted by atomic mass is 32.1. The Hall–Kier alpha value is 0.500. The maximum Gasteiger partial charge on any atom is 0.317 e. The minimum absolute atomic E-state index is 0.00823. The SMILES string of the molecule is CCCC.O=[PH](O)OCS. The van der Waals surface area contributed by atoms with Crippen molar-refractivity contribution < 1.29 is 14.0 Å². The van der Waals surface area contributed by atoms with Crippen LogP contribution in [0.4, 0.5) is 0 Å². The second-order valence-corrected chi connectivity index (χ2v) is 2.62. The summed E-state index contributed by atoms with van der Waals surface area (Å²) in [5.41, 5.74) is 0. The van der Waals surface area contributed by atoms with Gasteiger partial charge in [-0.1, -0.05) is 26.7 Å². The summed E-state index contributed by atoms with van der Waals surface area (Å²) in [6.07, 6.45) is 2.64. The average molecular weight is 186 g/mol. The van der Waals surface area contributed by atoms with Crippen LogP contribution >= 0.6 is 20.9 Å². The molecule has 0 saturated carbocycles. The average Bonchev–Trinajstić information content (AvgIpc) is 1.89. The van der Waals surface area contributed by atoms with Crippen LogP contribution in [-0.2, 0) is 9.09 Å². The van der Waals surface area contributed by atoms with E-state index in [-0.39, 0.29) is 5.94 Å². The Morgan fingerprint density at radius 3 is 1.90 bits per heavy atom. The van der Waals surface area contributed by atoms with Crippen molar-refractivity contribution in [3.8, 4) is 0 Å². The second kappa shape index (κ2) is 12.2. The van der Waals surface area contributed by atoms with Gasteiger partial charge in [-0.15, -0.1) is 0 Å². The highest BCUT2D eigenvalue weighted by Crippen LogP contribution is 2.13. The van der Waals surface area contributed by atoms with Crippen molar-refractivity contribution in [2.45, 2.75) is 26.7 Å². The first-order valence-electron chi connectivity index (χ1n) is 3.15. The van der Waals surface area contributed by atoms with Crippen LogP contribution < -0.4 is 0 Å². The molecule has 0 radical (unpaired) electrons. The summed E-state index contributed by atoms with van der Waals surface area (Å²) in [7, 11) is -2.71. The molecule has 1 unspecified atom stereocenters. The Kier molecular flexibility index (Phi) is 16.0. The van der Waals surface area contributed by atoms with Gasteiger partial charge in [-0.2, -0.15) is 12.6 Å². The van der Waals surface area contributed by atoms with Gasteiger partial charge in [0.05, 0.1) is 5.94 Å². The zero-order chi connectivity index (χ0) is 8.41. The van der Waals surface area contributed by atoms with E-state index in [9.17, 15) is 4.57 Å². The molecular weight excluding hydrogens is 171 g/mol. The fraction of sp³-hybridized carbons (Fsp3) is 1.00. The van der Waals surface area contributed by atoms with E-state index in [1.807, 2.05) is 0 Å². The molecule has 0 aliphatic rings. The maximum absolute atomic E-state index is 9.51. The molecular formula is C5H15O3PS. The van der Waals surface area contributed by atoms with Crippen molar-refractivity contribution in [3.63, 3.8) is 0 Å². The maximum atomic E-state index is 9.51. The molecule has 0 aliphatic carbocycles. The quantitative estimate of drug-likeness (QED) is 0.403. The first kappa shape index (κ1) is 13.1. The van der Waals surface area contributed by atoms with Crippen molar-refractivity contribution in [3.05, 3.63) is 0 Å². The van der Waals surface area contributed by atoms with Gasteiger partial charge in [-0.05, 0) is 0 Å². The molecule has 64 valence electrons. The molecule has 0 spiro atoms. The summed E-state index contributed by atoms with van der Waals surface area (Å²) in [6.45, 7) is 4.36. The predicted molar refractivity (Wildman–Crippen MR) is 46.7 cm³/mol. The summed E-state index contributed by atoms with van der Waals surface area (Å²) >= 11 is 3.50. The molecule has 1 N–H and O–H groups in total. The lowest BCUT2D eigenvalue weighted by Gasteiger charge is -1.86. The summed E-state index contributed by atoms with van der Waals surface area (Å²) < 4.78 is 13.5. The van der Waals surface area contributed by atoms with Gasteiger partial charge in [0.25, 0.3) is 0 Å². The molecule has 10 heavy (non-hydrogen) atoms. The van der Waals surface area contributed by atoms with Crippen LogP contribution in [0.1, 0.15) is 26.7 Å². The third-order valence-corrected chi connectivity index (χ3v) is 1.45. The molecule has 0 aromatic rings. The molecule has 0 fully saturated rings. The Balaban J connectivity index is 0. The van der Waals surface area contributed by atoms with Crippen LogP contribution in [0.5, 0.6) is 0 Å². The van der Waals surface area contributed by atoms with E-state index in [4.69, 9.17) is 4.89 Å². The molecule has 0 bridgehead atoms. The van der Waals surface area contributed by atoms with E-state index in [0.717, 1.165) is 0 Å². The van der Waals surface area contributed by atoms with Gasteiger partial charge in [-0.3, -0.25) is 4.57 Å². The monoisotopic (exact) mass is 186 g/mol. The highest BCUT2D eigenvalue weighted by molar-refractivity contribution is 7.80. The fourth-order valence-electron chi connectivity index (χ4n) is 0.0552. The third kappa shape index (κ3) is 23.6. The molecule has 3 nitrogen and oxygen atoms in total. The smallest absolute Gasteiger partial charge is 0.317 e. The number of hydrogen-bond acceptors (Lipinski definition) is 3. The van der Waals surface area contributed by atoms with E-state index in [0.29, 0.717) is 0 Å². The fourth-order valence-corrected chi connectivity index (χ4v) is 0.497. The zero-order valence-electron chi connectivity index (χ0n) is 6.33. The van der Waals surface area contributed by atoms with E-state index in [2.05, 4.69) is 31.0 Å². The minimum Gasteiger partial charge on any atom is -0.326 e. The van der Waals surface area contributed by atoms with Crippen LogP contribution in [-0.4, -0.2) is 10.8 Å². The molecule has 0 heterocycles. The van der Waals surface area contributed by atoms with Crippen molar-refractivity contribution in [2.75, 3.05) is 5.94 Å². The molecule has 0 rings (SSSR count). The second-order valence-electron chi connectivity index (χ2n) is 1.54. The number of unbranched alkanes of at least 4 members (excludes halogenated alkanes) is 1. The van der Waals surface area contributed by atoms with Crippen molar-refractivity contribution in [1.82, 2.24) is 0 Å². The van der Waals surface area contributed by atoms with Gasteiger partial charge in [-0.25, -0.2) is 0 Å². The first-order chi connectivity index (χ1) is 4.68. The predicted octanol–water partition coefficient (Wildman–Crippen LogP) is 2.08. The standard InChI is InChI=1S/C4H10.CH5O3PS/c1-3-4-2;2-5(3)4-1-6/h3-4H2,1-2H3;5-6H,1H2,(H,2,3). The topological polar surface area (TPSA) is 46.5 Å². The van der Waals surface area contributed by atoms with E-state index >= 15 is 0 Å². The van der Waals surface area contributed by atoms with Crippen LogP contribution in [0.3, 0.4) is 0 Å². The minimum atomic E-state index is -2.71. The van der Waals surface area contributed by atoms with Gasteiger partial charge in [0, 0.05) is 0 Å². The normalized spacial score (nSPS) is 11.6. The summed E-state index contributed by atoms with van der Waals surface area (Å²) in [4.78, 5) is 7.83. The van der Waals surface area contributed by atoms with E-state index in [1.165, 1.54) is 12.8 Å². The lowest BCUT2D eigenvalue weighted by Crippen LogP contribution is -1.68. The van der Waals surface area contributed by atoms with Crippen molar-refractivity contribution >= 4 is 20.9 Å². The Morgan fingerprint density at radius 1 is 1.50 bits per heavy atom. The molecule has 0 aromatic carbocycles. The van der Waals surface area contributed by atoms with Crippen LogP contribution in [0, 0.1) is 0 Å². The third-order valence-electron chi connectivity index (χ3n) is 0.688. The van der Waals surface area contributed by atoms with Crippen molar-refractivity contribution in [1.29, 1.82) is 0 Å².